The molecular formula is C15H20N2O4S. The number of amidine groups is 1. The van der Waals surface area contributed by atoms with Gasteiger partial charge in [0, 0.05) is 18.5 Å². The molecule has 0 radical (unpaired) electrons. The summed E-state index contributed by atoms with van der Waals surface area (Å²) in [5.41, 5.74) is 0.634. The number of hydrogen-bond acceptors (Lipinski definition) is 5. The summed E-state index contributed by atoms with van der Waals surface area (Å²) in [6.07, 6.45) is 0.720. The molecule has 1 saturated heterocycles. The van der Waals surface area contributed by atoms with Crippen molar-refractivity contribution in [3.05, 3.63) is 29.8 Å². The Hall–Kier alpha value is -1.44. The second-order valence-corrected chi connectivity index (χ2v) is 7.58. The molecule has 0 unspecified atom stereocenters. The number of sulfonamides is 1. The largest absolute Gasteiger partial charge is 0.348 e. The molecule has 0 amide bonds. The Labute approximate surface area is 130 Å². The molecule has 1 aromatic carbocycles. The van der Waals surface area contributed by atoms with Crippen molar-refractivity contribution in [1.82, 2.24) is 4.72 Å². The van der Waals surface area contributed by atoms with E-state index in [2.05, 4.69) is 16.6 Å². The Kier molecular flexibility index (Phi) is 3.96. The normalized spacial score (nSPS) is 24.9. The van der Waals surface area contributed by atoms with Gasteiger partial charge < -0.3 is 9.47 Å². The highest BCUT2D eigenvalue weighted by molar-refractivity contribution is 7.90. The third kappa shape index (κ3) is 3.02. The van der Waals surface area contributed by atoms with Crippen LogP contribution >= 0.6 is 0 Å². The van der Waals surface area contributed by atoms with Crippen LogP contribution in [0.25, 0.3) is 0 Å². The number of fused-ring (bicyclic) bond motifs is 1. The van der Waals surface area contributed by atoms with Crippen LogP contribution in [0, 0.1) is 5.92 Å². The van der Waals surface area contributed by atoms with Crippen molar-refractivity contribution in [2.45, 2.75) is 31.0 Å². The highest BCUT2D eigenvalue weighted by Gasteiger charge is 2.33. The van der Waals surface area contributed by atoms with Crippen LogP contribution in [0.5, 0.6) is 0 Å². The van der Waals surface area contributed by atoms with Gasteiger partial charge in [-0.1, -0.05) is 19.1 Å². The van der Waals surface area contributed by atoms with Gasteiger partial charge in [-0.2, -0.15) is 0 Å². The third-order valence-corrected chi connectivity index (χ3v) is 5.24. The minimum absolute atomic E-state index is 0.216. The predicted octanol–water partition coefficient (Wildman–Crippen LogP) is 1.51. The van der Waals surface area contributed by atoms with Crippen molar-refractivity contribution < 1.29 is 17.9 Å². The molecule has 3 rings (SSSR count). The number of hydrogen-bond donors (Lipinski definition) is 1. The molecule has 0 spiro atoms. The Morgan fingerprint density at radius 1 is 1.32 bits per heavy atom. The summed E-state index contributed by atoms with van der Waals surface area (Å²) in [5, 5.41) is 0. The first-order chi connectivity index (χ1) is 10.4. The smallest absolute Gasteiger partial charge is 0.263 e. The lowest BCUT2D eigenvalue weighted by molar-refractivity contribution is -0.153. The van der Waals surface area contributed by atoms with E-state index < -0.39 is 15.8 Å². The quantitative estimate of drug-likeness (QED) is 0.911. The zero-order valence-electron chi connectivity index (χ0n) is 12.7. The van der Waals surface area contributed by atoms with Crippen LogP contribution in [0.4, 0.5) is 0 Å². The van der Waals surface area contributed by atoms with Gasteiger partial charge in [-0.05, 0) is 25.0 Å². The van der Waals surface area contributed by atoms with Gasteiger partial charge in [-0.25, -0.2) is 8.42 Å². The Morgan fingerprint density at radius 3 is 2.73 bits per heavy atom. The first-order valence-corrected chi connectivity index (χ1v) is 8.82. The zero-order valence-corrected chi connectivity index (χ0v) is 13.5. The van der Waals surface area contributed by atoms with Crippen molar-refractivity contribution in [2.75, 3.05) is 19.8 Å². The van der Waals surface area contributed by atoms with E-state index in [1.165, 1.54) is 0 Å². The molecule has 0 saturated carbocycles. The summed E-state index contributed by atoms with van der Waals surface area (Å²) in [6, 6.07) is 6.87. The number of ether oxygens (including phenoxy) is 2. The minimum atomic E-state index is -3.47. The van der Waals surface area contributed by atoms with Gasteiger partial charge in [0.05, 0.1) is 18.1 Å². The molecule has 2 aliphatic rings. The van der Waals surface area contributed by atoms with Gasteiger partial charge in [-0.3, -0.25) is 9.71 Å². The molecule has 1 fully saturated rings. The molecule has 0 bridgehead atoms. The summed E-state index contributed by atoms with van der Waals surface area (Å²) in [5.74, 6) is 0.0842. The monoisotopic (exact) mass is 324 g/mol. The second-order valence-electron chi connectivity index (χ2n) is 5.93. The number of aliphatic imine (C=N–C) groups is 1. The SMILES string of the molecule is C[C@@H](CN=C1NS(=O)(=O)c2ccccc21)CC1(C)OCCO1. The maximum atomic E-state index is 12.0. The van der Waals surface area contributed by atoms with E-state index in [0.717, 1.165) is 6.42 Å². The van der Waals surface area contributed by atoms with E-state index in [1.54, 1.807) is 18.2 Å². The molecule has 0 aromatic heterocycles. The molecule has 1 atom stereocenters. The Balaban J connectivity index is 1.71. The molecule has 1 N–H and O–H groups in total. The van der Waals surface area contributed by atoms with Crippen LogP contribution in [0.15, 0.2) is 34.2 Å². The van der Waals surface area contributed by atoms with Crippen LogP contribution in [-0.4, -0.2) is 39.8 Å². The number of nitrogens with one attached hydrogen (secondary N) is 1. The van der Waals surface area contributed by atoms with Gasteiger partial charge in [0.25, 0.3) is 10.0 Å². The van der Waals surface area contributed by atoms with Crippen molar-refractivity contribution in [3.63, 3.8) is 0 Å². The summed E-state index contributed by atoms with van der Waals surface area (Å²) in [4.78, 5) is 4.74. The lowest BCUT2D eigenvalue weighted by atomic mass is 10.0. The summed E-state index contributed by atoms with van der Waals surface area (Å²) < 4.78 is 37.7. The van der Waals surface area contributed by atoms with Crippen LogP contribution < -0.4 is 4.72 Å². The number of nitrogens with zero attached hydrogens (tertiary/aromatic N) is 1. The van der Waals surface area contributed by atoms with Gasteiger partial charge in [-0.15, -0.1) is 0 Å². The van der Waals surface area contributed by atoms with E-state index in [9.17, 15) is 8.42 Å². The van der Waals surface area contributed by atoms with Crippen LogP contribution in [-0.2, 0) is 19.5 Å². The highest BCUT2D eigenvalue weighted by atomic mass is 32.2. The van der Waals surface area contributed by atoms with E-state index in [-0.39, 0.29) is 10.8 Å². The molecule has 7 heteroatoms. The lowest BCUT2D eigenvalue weighted by Gasteiger charge is -2.25. The fourth-order valence-electron chi connectivity index (χ4n) is 2.87. The standard InChI is InChI=1S/C15H20N2O4S/c1-11(9-15(2)20-7-8-21-15)10-16-14-12-5-3-4-6-13(12)22(18,19)17-14/h3-6,11H,7-10H2,1-2H3,(H,16,17)/t11-/m1/s1. The maximum absolute atomic E-state index is 12.0. The van der Waals surface area contributed by atoms with Crippen LogP contribution in [0.2, 0.25) is 0 Å². The van der Waals surface area contributed by atoms with Crippen molar-refractivity contribution in [1.29, 1.82) is 0 Å². The molecule has 6 nitrogen and oxygen atoms in total. The fraction of sp³-hybridized carbons (Fsp3) is 0.533. The maximum Gasteiger partial charge on any atom is 0.263 e. The highest BCUT2D eigenvalue weighted by Crippen LogP contribution is 2.27. The predicted molar refractivity (Wildman–Crippen MR) is 82.3 cm³/mol. The number of rotatable bonds is 4. The van der Waals surface area contributed by atoms with E-state index in [0.29, 0.717) is 31.2 Å². The van der Waals surface area contributed by atoms with Gasteiger partial charge >= 0.3 is 0 Å². The fourth-order valence-corrected chi connectivity index (χ4v) is 4.12. The minimum Gasteiger partial charge on any atom is -0.348 e. The average Bonchev–Trinajstić information content (AvgIpc) is 2.99. The zero-order chi connectivity index (χ0) is 15.8. The molecule has 0 aliphatic carbocycles. The van der Waals surface area contributed by atoms with Crippen molar-refractivity contribution in [3.8, 4) is 0 Å². The van der Waals surface area contributed by atoms with E-state index in [4.69, 9.17) is 9.47 Å². The first-order valence-electron chi connectivity index (χ1n) is 7.34. The van der Waals surface area contributed by atoms with Gasteiger partial charge in [0.15, 0.2) is 5.79 Å². The summed E-state index contributed by atoms with van der Waals surface area (Å²) in [7, 11) is -3.47. The second kappa shape index (κ2) is 5.64. The summed E-state index contributed by atoms with van der Waals surface area (Å²) in [6.45, 7) is 5.72. The van der Waals surface area contributed by atoms with E-state index >= 15 is 0 Å². The van der Waals surface area contributed by atoms with Crippen molar-refractivity contribution in [2.24, 2.45) is 10.9 Å². The molecule has 120 valence electrons. The van der Waals surface area contributed by atoms with Gasteiger partial charge in [0.2, 0.25) is 0 Å². The van der Waals surface area contributed by atoms with Crippen LogP contribution in [0.1, 0.15) is 25.8 Å². The molecule has 1 aromatic rings. The lowest BCUT2D eigenvalue weighted by Crippen LogP contribution is -2.29. The Morgan fingerprint density at radius 2 is 2.00 bits per heavy atom. The van der Waals surface area contributed by atoms with Crippen LogP contribution in [0.3, 0.4) is 0 Å². The molecule has 2 heterocycles. The summed E-state index contributed by atoms with van der Waals surface area (Å²) >= 11 is 0. The molecular weight excluding hydrogens is 304 g/mol. The first kappa shape index (κ1) is 15.5. The third-order valence-electron chi connectivity index (χ3n) is 3.84. The topological polar surface area (TPSA) is 77.0 Å². The Bertz CT molecular complexity index is 693. The molecule has 2 aliphatic heterocycles. The van der Waals surface area contributed by atoms with E-state index in [1.807, 2.05) is 13.0 Å². The molecule has 22 heavy (non-hydrogen) atoms. The van der Waals surface area contributed by atoms with Crippen molar-refractivity contribution >= 4 is 15.9 Å². The number of benzene rings is 1. The van der Waals surface area contributed by atoms with Gasteiger partial charge in [0.1, 0.15) is 5.84 Å². The average molecular weight is 324 g/mol.